The highest BCUT2D eigenvalue weighted by atomic mass is 16.6. The first-order valence-electron chi connectivity index (χ1n) is 13.4. The van der Waals surface area contributed by atoms with Crippen LogP contribution in [-0.4, -0.2) is 47.9 Å². The Morgan fingerprint density at radius 3 is 2.35 bits per heavy atom. The second-order valence-electron chi connectivity index (χ2n) is 11.8. The molecule has 0 bridgehead atoms. The quantitative estimate of drug-likeness (QED) is 0.601. The van der Waals surface area contributed by atoms with Gasteiger partial charge in [0.25, 0.3) is 5.91 Å². The van der Waals surface area contributed by atoms with Crippen molar-refractivity contribution in [1.82, 2.24) is 10.2 Å². The van der Waals surface area contributed by atoms with Gasteiger partial charge in [-0.05, 0) is 107 Å². The molecule has 2 aromatic rings. The zero-order valence-electron chi connectivity index (χ0n) is 22.0. The summed E-state index contributed by atoms with van der Waals surface area (Å²) in [5.74, 6) is -0.553. The van der Waals surface area contributed by atoms with E-state index in [0.29, 0.717) is 23.2 Å². The van der Waals surface area contributed by atoms with Crippen molar-refractivity contribution in [2.75, 3.05) is 25.0 Å². The molecule has 2 aromatic carbocycles. The number of carbonyl (C=O) groups excluding carboxylic acids is 3. The van der Waals surface area contributed by atoms with Crippen LogP contribution >= 0.6 is 0 Å². The number of hydrogen-bond acceptors (Lipinski definition) is 5. The van der Waals surface area contributed by atoms with Crippen LogP contribution in [0.2, 0.25) is 0 Å². The van der Waals surface area contributed by atoms with Gasteiger partial charge in [0, 0.05) is 18.2 Å². The molecule has 1 saturated heterocycles. The molecule has 7 heteroatoms. The number of rotatable bonds is 4. The van der Waals surface area contributed by atoms with Crippen LogP contribution in [0.25, 0.3) is 0 Å². The zero-order chi connectivity index (χ0) is 26.2. The van der Waals surface area contributed by atoms with Gasteiger partial charge in [-0.3, -0.25) is 9.59 Å². The van der Waals surface area contributed by atoms with E-state index in [0.717, 1.165) is 56.3 Å². The molecule has 1 aliphatic carbocycles. The van der Waals surface area contributed by atoms with Gasteiger partial charge >= 0.3 is 5.97 Å². The molecule has 2 N–H and O–H groups in total. The smallest absolute Gasteiger partial charge is 0.338 e. The van der Waals surface area contributed by atoms with Crippen molar-refractivity contribution < 1.29 is 19.1 Å². The molecule has 5 rings (SSSR count). The predicted octanol–water partition coefficient (Wildman–Crippen LogP) is 4.49. The lowest BCUT2D eigenvalue weighted by atomic mass is 9.57. The Labute approximate surface area is 218 Å². The number of hydrogen-bond donors (Lipinski definition) is 2. The van der Waals surface area contributed by atoms with E-state index in [-0.39, 0.29) is 17.7 Å². The number of nitrogens with one attached hydrogen (secondary N) is 2. The maximum atomic E-state index is 13.7. The highest BCUT2D eigenvalue weighted by Crippen LogP contribution is 2.52. The third kappa shape index (κ3) is 5.42. The topological polar surface area (TPSA) is 87.7 Å². The number of piperidine rings is 1. The lowest BCUT2D eigenvalue weighted by Crippen LogP contribution is -2.54. The molecular formula is C30H37N3O4. The van der Waals surface area contributed by atoms with Crippen molar-refractivity contribution in [2.45, 2.75) is 64.5 Å². The molecule has 2 amide bonds. The number of ether oxygens (including phenoxy) is 1. The highest BCUT2D eigenvalue weighted by Gasteiger charge is 2.50. The summed E-state index contributed by atoms with van der Waals surface area (Å²) in [6.07, 6.45) is 4.85. The number of anilines is 1. The number of fused-ring (bicyclic) bond motifs is 1. The minimum Gasteiger partial charge on any atom is -0.456 e. The minimum absolute atomic E-state index is 0.00762. The van der Waals surface area contributed by atoms with Crippen molar-refractivity contribution in [1.29, 1.82) is 0 Å². The van der Waals surface area contributed by atoms with Crippen LogP contribution in [0.15, 0.2) is 48.5 Å². The van der Waals surface area contributed by atoms with E-state index < -0.39 is 17.6 Å². The molecule has 2 aliphatic heterocycles. The third-order valence-electron chi connectivity index (χ3n) is 7.97. The summed E-state index contributed by atoms with van der Waals surface area (Å²) in [4.78, 5) is 41.5. The molecule has 1 unspecified atom stereocenters. The summed E-state index contributed by atoms with van der Waals surface area (Å²) in [6, 6.07) is 13.9. The Balaban J connectivity index is 1.32. The molecule has 7 nitrogen and oxygen atoms in total. The minimum atomic E-state index is -0.674. The average molecular weight is 504 g/mol. The SMILES string of the molecule is CC(C)(C)OC(=O)c1ccc(NC(=O)C2c3ccccc3CCN2C(=O)C2CC3(CCNCC3)C2)cc1. The Bertz CT molecular complexity index is 1170. The number of amides is 2. The van der Waals surface area contributed by atoms with E-state index in [9.17, 15) is 14.4 Å². The summed E-state index contributed by atoms with van der Waals surface area (Å²) in [5.41, 5.74) is 2.71. The van der Waals surface area contributed by atoms with E-state index in [1.54, 1.807) is 29.2 Å². The van der Waals surface area contributed by atoms with Gasteiger partial charge < -0.3 is 20.3 Å². The van der Waals surface area contributed by atoms with Crippen LogP contribution in [0.5, 0.6) is 0 Å². The van der Waals surface area contributed by atoms with Crippen molar-refractivity contribution in [2.24, 2.45) is 11.3 Å². The van der Waals surface area contributed by atoms with Gasteiger partial charge in [0.15, 0.2) is 0 Å². The molecule has 3 aliphatic rings. The van der Waals surface area contributed by atoms with Gasteiger partial charge in [-0.15, -0.1) is 0 Å². The van der Waals surface area contributed by atoms with E-state index in [4.69, 9.17) is 4.74 Å². The molecule has 37 heavy (non-hydrogen) atoms. The largest absolute Gasteiger partial charge is 0.456 e. The fraction of sp³-hybridized carbons (Fsp3) is 0.500. The Morgan fingerprint density at radius 2 is 1.68 bits per heavy atom. The van der Waals surface area contributed by atoms with Crippen LogP contribution < -0.4 is 10.6 Å². The average Bonchev–Trinajstić information content (AvgIpc) is 2.86. The van der Waals surface area contributed by atoms with Crippen LogP contribution in [0.3, 0.4) is 0 Å². The lowest BCUT2D eigenvalue weighted by molar-refractivity contribution is -0.150. The van der Waals surface area contributed by atoms with Gasteiger partial charge in [0.05, 0.1) is 5.56 Å². The van der Waals surface area contributed by atoms with Crippen LogP contribution in [0.1, 0.15) is 74.0 Å². The molecular weight excluding hydrogens is 466 g/mol. The normalized spacial score (nSPS) is 21.1. The first-order valence-corrected chi connectivity index (χ1v) is 13.4. The maximum absolute atomic E-state index is 13.7. The predicted molar refractivity (Wildman–Crippen MR) is 142 cm³/mol. The van der Waals surface area contributed by atoms with Crippen molar-refractivity contribution in [3.8, 4) is 0 Å². The first kappa shape index (κ1) is 25.5. The fourth-order valence-corrected chi connectivity index (χ4v) is 6.08. The van der Waals surface area contributed by atoms with E-state index in [1.165, 1.54) is 0 Å². The highest BCUT2D eigenvalue weighted by molar-refractivity contribution is 5.99. The molecule has 1 atom stereocenters. The van der Waals surface area contributed by atoms with Crippen molar-refractivity contribution in [3.05, 3.63) is 65.2 Å². The molecule has 196 valence electrons. The van der Waals surface area contributed by atoms with Gasteiger partial charge in [-0.25, -0.2) is 4.79 Å². The van der Waals surface area contributed by atoms with E-state index >= 15 is 0 Å². The molecule has 2 fully saturated rings. The van der Waals surface area contributed by atoms with Crippen molar-refractivity contribution in [3.63, 3.8) is 0 Å². The zero-order valence-corrected chi connectivity index (χ0v) is 22.0. The fourth-order valence-electron chi connectivity index (χ4n) is 6.08. The molecule has 1 saturated carbocycles. The maximum Gasteiger partial charge on any atom is 0.338 e. The number of benzene rings is 2. The summed E-state index contributed by atoms with van der Waals surface area (Å²) in [5, 5.41) is 6.41. The molecule has 0 radical (unpaired) electrons. The monoisotopic (exact) mass is 503 g/mol. The number of carbonyl (C=O) groups is 3. The van der Waals surface area contributed by atoms with Crippen LogP contribution in [0.4, 0.5) is 5.69 Å². The van der Waals surface area contributed by atoms with E-state index in [1.807, 2.05) is 45.0 Å². The third-order valence-corrected chi connectivity index (χ3v) is 7.97. The Kier molecular flexibility index (Phi) is 6.84. The summed E-state index contributed by atoms with van der Waals surface area (Å²) in [6.45, 7) is 8.06. The summed E-state index contributed by atoms with van der Waals surface area (Å²) < 4.78 is 5.43. The van der Waals surface area contributed by atoms with E-state index in [2.05, 4.69) is 10.6 Å². The lowest BCUT2D eigenvalue weighted by Gasteiger charge is -2.51. The number of nitrogens with zero attached hydrogens (tertiary/aromatic N) is 1. The Hall–Kier alpha value is -3.19. The number of esters is 1. The second kappa shape index (κ2) is 9.93. The van der Waals surface area contributed by atoms with Crippen molar-refractivity contribution >= 4 is 23.5 Å². The van der Waals surface area contributed by atoms with Gasteiger partial charge in [-0.1, -0.05) is 24.3 Å². The second-order valence-corrected chi connectivity index (χ2v) is 11.8. The van der Waals surface area contributed by atoms with Crippen LogP contribution in [-0.2, 0) is 20.7 Å². The molecule has 2 heterocycles. The van der Waals surface area contributed by atoms with Gasteiger partial charge in [0.2, 0.25) is 5.91 Å². The van der Waals surface area contributed by atoms with Gasteiger partial charge in [-0.2, -0.15) is 0 Å². The summed E-state index contributed by atoms with van der Waals surface area (Å²) >= 11 is 0. The van der Waals surface area contributed by atoms with Crippen LogP contribution in [0, 0.1) is 11.3 Å². The Morgan fingerprint density at radius 1 is 1.00 bits per heavy atom. The first-order chi connectivity index (χ1) is 17.6. The molecule has 1 spiro atoms. The molecule has 0 aromatic heterocycles. The van der Waals surface area contributed by atoms with Gasteiger partial charge in [0.1, 0.15) is 11.6 Å². The summed E-state index contributed by atoms with van der Waals surface area (Å²) in [7, 11) is 0. The standard InChI is InChI=1S/C30H37N3O4/c1-29(2,3)37-28(36)21-8-10-23(11-9-21)32-26(34)25-24-7-5-4-6-20(24)12-17-33(25)27(35)22-18-30(19-22)13-15-31-16-14-30/h4-11,22,25,31H,12-19H2,1-3H3,(H,32,34).